The highest BCUT2D eigenvalue weighted by atomic mass is 16.3. The summed E-state index contributed by atoms with van der Waals surface area (Å²) in [6, 6.07) is 3.96. The summed E-state index contributed by atoms with van der Waals surface area (Å²) in [5.41, 5.74) is 4.67. The molecule has 0 saturated heterocycles. The van der Waals surface area contributed by atoms with Crippen molar-refractivity contribution in [2.45, 2.75) is 99.3 Å². The Labute approximate surface area is 172 Å². The van der Waals surface area contributed by atoms with Crippen LogP contribution in [-0.2, 0) is 22.0 Å². The number of hydrazine groups is 1. The maximum atomic E-state index is 11.9. The summed E-state index contributed by atoms with van der Waals surface area (Å²) in [6.45, 7) is 21.9. The molecule has 0 heterocycles. The van der Waals surface area contributed by atoms with Crippen LogP contribution < -0.4 is 11.3 Å². The first-order valence-corrected chi connectivity index (χ1v) is 10.2. The van der Waals surface area contributed by atoms with Gasteiger partial charge in [-0.2, -0.15) is 0 Å². The zero-order valence-electron chi connectivity index (χ0n) is 19.7. The molecule has 0 fully saturated rings. The van der Waals surface area contributed by atoms with Crippen molar-refractivity contribution in [1.29, 1.82) is 0 Å². The molecule has 160 valence electrons. The normalized spacial score (nSPS) is 13.5. The van der Waals surface area contributed by atoms with Gasteiger partial charge in [-0.1, -0.05) is 81.4 Å². The molecule has 0 aliphatic heterocycles. The predicted octanol–water partition coefficient (Wildman–Crippen LogP) is 5.35. The average Bonchev–Trinajstić information content (AvgIpc) is 2.43. The van der Waals surface area contributed by atoms with Crippen LogP contribution in [0.1, 0.15) is 98.8 Å². The number of amides is 1. The number of rotatable bonds is 6. The van der Waals surface area contributed by atoms with E-state index in [1.54, 1.807) is 0 Å². The molecule has 4 N–H and O–H groups in total. The summed E-state index contributed by atoms with van der Waals surface area (Å²) >= 11 is 0. The standard InChI is InChI=1S/C24H42N2O2/c1-21(2,3)14-23(7,8)17-11-16(13-19(27)26-25)12-18(20(17)28)24(9,10)15-22(4,5)6/h11-12,28H,13-15,25H2,1-10H3,(H,26,27). The fraction of sp³-hybridized carbons (Fsp3) is 0.708. The first-order valence-electron chi connectivity index (χ1n) is 10.2. The van der Waals surface area contributed by atoms with E-state index < -0.39 is 0 Å². The van der Waals surface area contributed by atoms with Crippen molar-refractivity contribution in [2.75, 3.05) is 0 Å². The lowest BCUT2D eigenvalue weighted by Gasteiger charge is -2.37. The van der Waals surface area contributed by atoms with Gasteiger partial charge in [-0.25, -0.2) is 5.84 Å². The topological polar surface area (TPSA) is 75.4 Å². The average molecular weight is 391 g/mol. The number of nitrogens with two attached hydrogens (primary N) is 1. The van der Waals surface area contributed by atoms with Crippen LogP contribution >= 0.6 is 0 Å². The van der Waals surface area contributed by atoms with Crippen molar-refractivity contribution in [3.63, 3.8) is 0 Å². The molecule has 0 saturated carbocycles. The number of carbonyl (C=O) groups excluding carboxylic acids is 1. The van der Waals surface area contributed by atoms with Crippen molar-refractivity contribution in [3.05, 3.63) is 28.8 Å². The maximum Gasteiger partial charge on any atom is 0.238 e. The Morgan fingerprint density at radius 3 is 1.50 bits per heavy atom. The third kappa shape index (κ3) is 6.80. The van der Waals surface area contributed by atoms with Crippen LogP contribution in [0.3, 0.4) is 0 Å². The minimum absolute atomic E-state index is 0.113. The Hall–Kier alpha value is -1.55. The highest BCUT2D eigenvalue weighted by molar-refractivity contribution is 5.78. The molecule has 0 atom stereocenters. The van der Waals surface area contributed by atoms with Crippen LogP contribution in [0.15, 0.2) is 12.1 Å². The first kappa shape index (κ1) is 24.5. The van der Waals surface area contributed by atoms with Crippen LogP contribution in [0.25, 0.3) is 0 Å². The Morgan fingerprint density at radius 1 is 0.857 bits per heavy atom. The minimum Gasteiger partial charge on any atom is -0.507 e. The molecule has 0 radical (unpaired) electrons. The van der Waals surface area contributed by atoms with Gasteiger partial charge in [0.15, 0.2) is 0 Å². The fourth-order valence-corrected chi connectivity index (χ4v) is 4.91. The smallest absolute Gasteiger partial charge is 0.238 e. The summed E-state index contributed by atoms with van der Waals surface area (Å²) in [6.07, 6.45) is 2.03. The van der Waals surface area contributed by atoms with Crippen molar-refractivity contribution in [3.8, 4) is 5.75 Å². The van der Waals surface area contributed by atoms with E-state index in [9.17, 15) is 9.90 Å². The van der Waals surface area contributed by atoms with Crippen LogP contribution in [0, 0.1) is 10.8 Å². The van der Waals surface area contributed by atoms with Crippen molar-refractivity contribution < 1.29 is 9.90 Å². The summed E-state index contributed by atoms with van der Waals surface area (Å²) in [5.74, 6) is 5.44. The zero-order valence-corrected chi connectivity index (χ0v) is 19.7. The molecule has 4 nitrogen and oxygen atoms in total. The minimum atomic E-state index is -0.232. The number of hydrogen-bond acceptors (Lipinski definition) is 3. The molecule has 1 amide bonds. The lowest BCUT2D eigenvalue weighted by Crippen LogP contribution is -2.32. The van der Waals surface area contributed by atoms with Gasteiger partial charge in [-0.3, -0.25) is 10.2 Å². The van der Waals surface area contributed by atoms with Gasteiger partial charge in [0.2, 0.25) is 5.91 Å². The number of phenols is 1. The van der Waals surface area contributed by atoms with E-state index in [2.05, 4.69) is 74.7 Å². The largest absolute Gasteiger partial charge is 0.507 e. The number of carbonyl (C=O) groups is 1. The highest BCUT2D eigenvalue weighted by Crippen LogP contribution is 2.47. The lowest BCUT2D eigenvalue weighted by molar-refractivity contribution is -0.120. The fourth-order valence-electron chi connectivity index (χ4n) is 4.91. The molecular formula is C24H42N2O2. The maximum absolute atomic E-state index is 11.9. The van der Waals surface area contributed by atoms with Crippen LogP contribution in [0.2, 0.25) is 0 Å². The summed E-state index contributed by atoms with van der Waals surface area (Å²) < 4.78 is 0. The van der Waals surface area contributed by atoms with E-state index in [1.807, 2.05) is 12.1 Å². The number of nitrogens with one attached hydrogen (secondary N) is 1. The molecule has 0 aliphatic carbocycles. The predicted molar refractivity (Wildman–Crippen MR) is 118 cm³/mol. The molecule has 28 heavy (non-hydrogen) atoms. The monoisotopic (exact) mass is 390 g/mol. The Bertz CT molecular complexity index is 655. The molecule has 4 heteroatoms. The second-order valence-corrected chi connectivity index (χ2v) is 12.0. The number of hydrogen-bond donors (Lipinski definition) is 3. The third-order valence-electron chi connectivity index (χ3n) is 5.10. The van der Waals surface area contributed by atoms with Gasteiger partial charge < -0.3 is 5.11 Å². The second kappa shape index (κ2) is 8.06. The van der Waals surface area contributed by atoms with Crippen LogP contribution in [-0.4, -0.2) is 11.0 Å². The Morgan fingerprint density at radius 2 is 1.21 bits per heavy atom. The van der Waals surface area contributed by atoms with E-state index in [-0.39, 0.29) is 34.0 Å². The summed E-state index contributed by atoms with van der Waals surface area (Å²) in [4.78, 5) is 11.9. The van der Waals surface area contributed by atoms with Gasteiger partial charge >= 0.3 is 0 Å². The molecule has 1 rings (SSSR count). The van der Waals surface area contributed by atoms with Crippen molar-refractivity contribution in [1.82, 2.24) is 5.43 Å². The molecule has 1 aromatic rings. The molecule has 0 aromatic heterocycles. The number of benzene rings is 1. The van der Waals surface area contributed by atoms with Gasteiger partial charge in [0.05, 0.1) is 6.42 Å². The third-order valence-corrected chi connectivity index (χ3v) is 5.10. The van der Waals surface area contributed by atoms with Gasteiger partial charge in [0, 0.05) is 11.1 Å². The Balaban J connectivity index is 3.63. The van der Waals surface area contributed by atoms with E-state index in [0.29, 0.717) is 5.75 Å². The van der Waals surface area contributed by atoms with Crippen molar-refractivity contribution in [2.24, 2.45) is 16.7 Å². The summed E-state index contributed by atoms with van der Waals surface area (Å²) in [7, 11) is 0. The van der Waals surface area contributed by atoms with Crippen molar-refractivity contribution >= 4 is 5.91 Å². The SMILES string of the molecule is CC(C)(C)CC(C)(C)c1cc(CC(=O)NN)cc(C(C)(C)CC(C)(C)C)c1O. The highest BCUT2D eigenvalue weighted by Gasteiger charge is 2.35. The summed E-state index contributed by atoms with van der Waals surface area (Å²) in [5, 5.41) is 11.3. The number of phenolic OH excluding ortho intramolecular Hbond substituents is 1. The van der Waals surface area contributed by atoms with E-state index in [1.165, 1.54) is 0 Å². The molecule has 0 spiro atoms. The van der Waals surface area contributed by atoms with E-state index in [0.717, 1.165) is 29.5 Å². The van der Waals surface area contributed by atoms with Gasteiger partial charge in [-0.05, 0) is 40.1 Å². The quantitative estimate of drug-likeness (QED) is 0.348. The van der Waals surface area contributed by atoms with Gasteiger partial charge in [0.1, 0.15) is 5.75 Å². The van der Waals surface area contributed by atoms with Gasteiger partial charge in [0.25, 0.3) is 0 Å². The first-order chi connectivity index (χ1) is 12.4. The second-order valence-electron chi connectivity index (χ2n) is 12.0. The van der Waals surface area contributed by atoms with E-state index in [4.69, 9.17) is 5.84 Å². The molecule has 0 unspecified atom stereocenters. The molecule has 0 bridgehead atoms. The van der Waals surface area contributed by atoms with Crippen LogP contribution in [0.5, 0.6) is 5.75 Å². The Kier molecular flexibility index (Phi) is 7.05. The van der Waals surface area contributed by atoms with E-state index >= 15 is 0 Å². The van der Waals surface area contributed by atoms with Crippen LogP contribution in [0.4, 0.5) is 0 Å². The number of aromatic hydroxyl groups is 1. The molecular weight excluding hydrogens is 348 g/mol. The molecule has 1 aromatic carbocycles. The lowest BCUT2D eigenvalue weighted by atomic mass is 9.67. The zero-order chi connectivity index (χ0) is 22.1. The molecule has 0 aliphatic rings. The van der Waals surface area contributed by atoms with Gasteiger partial charge in [-0.15, -0.1) is 0 Å².